The van der Waals surface area contributed by atoms with Gasteiger partial charge in [-0.1, -0.05) is 13.8 Å². The molecule has 1 unspecified atom stereocenters. The molecule has 0 saturated heterocycles. The van der Waals surface area contributed by atoms with E-state index in [0.717, 1.165) is 25.8 Å². The summed E-state index contributed by atoms with van der Waals surface area (Å²) in [5.74, 6) is 0. The second kappa shape index (κ2) is 6.67. The van der Waals surface area contributed by atoms with Crippen molar-refractivity contribution in [3.8, 4) is 0 Å². The molecule has 0 amide bonds. The molecule has 16 heavy (non-hydrogen) atoms. The highest BCUT2D eigenvalue weighted by atomic mass is 16.7. The number of rotatable bonds is 8. The van der Waals surface area contributed by atoms with Crippen molar-refractivity contribution in [1.29, 1.82) is 0 Å². The minimum atomic E-state index is -0.116. The van der Waals surface area contributed by atoms with Gasteiger partial charge in [-0.15, -0.1) is 0 Å². The van der Waals surface area contributed by atoms with Gasteiger partial charge in [0.1, 0.15) is 14.1 Å². The second-order valence-corrected chi connectivity index (χ2v) is 6.02. The Bertz CT molecular complexity index is 189. The predicted molar refractivity (Wildman–Crippen MR) is 74.0 cm³/mol. The van der Waals surface area contributed by atoms with Crippen LogP contribution in [-0.4, -0.2) is 34.3 Å². The maximum atomic E-state index is 6.04. The predicted octanol–water partition coefficient (Wildman–Crippen LogP) is 0.489. The third-order valence-corrected chi connectivity index (χ3v) is 2.61. The van der Waals surface area contributed by atoms with Crippen LogP contribution in [0.1, 0.15) is 40.5 Å². The van der Waals surface area contributed by atoms with Gasteiger partial charge in [-0.2, -0.15) is 0 Å². The Morgan fingerprint density at radius 3 is 2.19 bits per heavy atom. The maximum Gasteiger partial charge on any atom is 0.260 e. The van der Waals surface area contributed by atoms with Gasteiger partial charge < -0.3 is 15.1 Å². The fraction of sp³-hybridized carbons (Fsp3) is 1.00. The molecule has 0 radical (unpaired) electrons. The number of nitrogens with two attached hydrogens (primary N) is 1. The van der Waals surface area contributed by atoms with E-state index in [2.05, 4.69) is 35.5 Å². The van der Waals surface area contributed by atoms with E-state index < -0.39 is 0 Å². The Hall–Kier alpha value is 0.00987. The quantitative estimate of drug-likeness (QED) is 0.484. The van der Waals surface area contributed by atoms with E-state index in [-0.39, 0.29) is 17.2 Å². The molecule has 0 aromatic rings. The van der Waals surface area contributed by atoms with Crippen molar-refractivity contribution in [2.45, 2.75) is 58.7 Å². The van der Waals surface area contributed by atoms with Gasteiger partial charge in [0.2, 0.25) is 0 Å². The van der Waals surface area contributed by atoms with Crippen LogP contribution in [0, 0.1) is 5.41 Å². The zero-order chi connectivity index (χ0) is 12.8. The molecule has 0 saturated carbocycles. The first-order valence-corrected chi connectivity index (χ1v) is 6.13. The highest BCUT2D eigenvalue weighted by Crippen LogP contribution is 2.30. The first kappa shape index (κ1) is 16.0. The Morgan fingerprint density at radius 1 is 1.25 bits per heavy atom. The smallest absolute Gasteiger partial charge is 0.260 e. The first-order valence-electron chi connectivity index (χ1n) is 6.13. The van der Waals surface area contributed by atoms with Crippen LogP contribution >= 0.6 is 0 Å². The minimum Gasteiger partial charge on any atom is -0.421 e. The summed E-state index contributed by atoms with van der Waals surface area (Å²) in [5.41, 5.74) is 6.14. The monoisotopic (exact) mass is 227 g/mol. The lowest BCUT2D eigenvalue weighted by molar-refractivity contribution is -0.0706. The average molecular weight is 227 g/mol. The largest absolute Gasteiger partial charge is 0.421 e. The average Bonchev–Trinajstić information content (AvgIpc) is 2.08. The fourth-order valence-electron chi connectivity index (χ4n) is 2.14. The van der Waals surface area contributed by atoms with Crippen LogP contribution in [0.25, 0.3) is 0 Å². The van der Waals surface area contributed by atoms with Crippen molar-refractivity contribution in [3.05, 3.63) is 0 Å². The SMILES string of the molecule is BCC(OB)OCCC(C)(C)CC(C)(C)N. The van der Waals surface area contributed by atoms with E-state index in [9.17, 15) is 0 Å². The molecule has 3 nitrogen and oxygen atoms in total. The molecule has 0 aliphatic carbocycles. The fourth-order valence-corrected chi connectivity index (χ4v) is 2.14. The summed E-state index contributed by atoms with van der Waals surface area (Å²) in [6.07, 6.45) is 2.82. The van der Waals surface area contributed by atoms with E-state index in [1.165, 1.54) is 0 Å². The van der Waals surface area contributed by atoms with E-state index in [1.807, 2.05) is 0 Å². The molecule has 5 heteroatoms. The van der Waals surface area contributed by atoms with Gasteiger partial charge in [-0.25, -0.2) is 0 Å². The van der Waals surface area contributed by atoms with E-state index >= 15 is 0 Å². The number of hydrogen-bond donors (Lipinski definition) is 1. The van der Waals surface area contributed by atoms with Crippen LogP contribution < -0.4 is 5.73 Å². The Labute approximate surface area is 102 Å². The molecular formula is C11H27B2NO2. The van der Waals surface area contributed by atoms with Crippen LogP contribution in [0.15, 0.2) is 0 Å². The Balaban J connectivity index is 3.90. The lowest BCUT2D eigenvalue weighted by Gasteiger charge is -2.32. The summed E-state index contributed by atoms with van der Waals surface area (Å²) in [7, 11) is 3.74. The van der Waals surface area contributed by atoms with Crippen molar-refractivity contribution < 1.29 is 9.39 Å². The third kappa shape index (κ3) is 8.20. The molecule has 0 spiro atoms. The van der Waals surface area contributed by atoms with Crippen LogP contribution in [0.5, 0.6) is 0 Å². The van der Waals surface area contributed by atoms with Gasteiger partial charge in [0.05, 0.1) is 6.61 Å². The molecule has 2 N–H and O–H groups in total. The van der Waals surface area contributed by atoms with Crippen molar-refractivity contribution in [1.82, 2.24) is 0 Å². The molecule has 0 heterocycles. The number of ether oxygens (including phenoxy) is 1. The zero-order valence-corrected chi connectivity index (χ0v) is 11.8. The van der Waals surface area contributed by atoms with Crippen LogP contribution in [0.2, 0.25) is 6.32 Å². The summed E-state index contributed by atoms with van der Waals surface area (Å²) in [4.78, 5) is 0. The van der Waals surface area contributed by atoms with Gasteiger partial charge in [0.15, 0.2) is 0 Å². The van der Waals surface area contributed by atoms with E-state index in [0.29, 0.717) is 0 Å². The molecule has 0 rings (SSSR count). The van der Waals surface area contributed by atoms with Crippen molar-refractivity contribution in [2.75, 3.05) is 6.61 Å². The lowest BCUT2D eigenvalue weighted by Crippen LogP contribution is -2.37. The molecular weight excluding hydrogens is 200 g/mol. The molecule has 94 valence electrons. The van der Waals surface area contributed by atoms with Crippen molar-refractivity contribution >= 4 is 15.9 Å². The van der Waals surface area contributed by atoms with Crippen molar-refractivity contribution in [2.24, 2.45) is 11.1 Å². The standard InChI is InChI=1S/C11H27B2NO2/c1-10(2,8-11(3,4)14)5-6-15-9(7-12)16-13/h9H,5-8,12-14H2,1-4H3. The molecule has 0 aliphatic rings. The molecule has 0 fully saturated rings. The number of hydrogen-bond acceptors (Lipinski definition) is 3. The lowest BCUT2D eigenvalue weighted by atomic mass is 9.78. The van der Waals surface area contributed by atoms with E-state index in [4.69, 9.17) is 15.1 Å². The van der Waals surface area contributed by atoms with Gasteiger partial charge in [0.25, 0.3) is 8.05 Å². The van der Waals surface area contributed by atoms with Crippen molar-refractivity contribution in [3.63, 3.8) is 0 Å². The zero-order valence-electron chi connectivity index (χ0n) is 11.8. The second-order valence-electron chi connectivity index (χ2n) is 6.02. The topological polar surface area (TPSA) is 44.5 Å². The van der Waals surface area contributed by atoms with Gasteiger partial charge in [-0.05, 0) is 38.4 Å². The van der Waals surface area contributed by atoms with Crippen LogP contribution in [0.3, 0.4) is 0 Å². The molecule has 1 atom stereocenters. The minimum absolute atomic E-state index is 0.0679. The Morgan fingerprint density at radius 2 is 1.81 bits per heavy atom. The van der Waals surface area contributed by atoms with Gasteiger partial charge in [0, 0.05) is 5.54 Å². The Kier molecular flexibility index (Phi) is 6.68. The summed E-state index contributed by atoms with van der Waals surface area (Å²) < 4.78 is 10.8. The van der Waals surface area contributed by atoms with Crippen LogP contribution in [0.4, 0.5) is 0 Å². The third-order valence-electron chi connectivity index (χ3n) is 2.61. The van der Waals surface area contributed by atoms with Gasteiger partial charge >= 0.3 is 0 Å². The summed E-state index contributed by atoms with van der Waals surface area (Å²) in [6.45, 7) is 9.34. The molecule has 0 aromatic heterocycles. The highest BCUT2D eigenvalue weighted by Gasteiger charge is 2.25. The molecule has 0 bridgehead atoms. The summed E-state index contributed by atoms with van der Waals surface area (Å²) in [6, 6.07) is 0. The highest BCUT2D eigenvalue weighted by molar-refractivity contribution is 6.09. The molecule has 0 aromatic carbocycles. The molecule has 0 aliphatic heterocycles. The first-order chi connectivity index (χ1) is 7.20. The van der Waals surface area contributed by atoms with E-state index in [1.54, 1.807) is 8.05 Å². The maximum absolute atomic E-state index is 6.04. The van der Waals surface area contributed by atoms with Crippen LogP contribution in [-0.2, 0) is 9.39 Å². The van der Waals surface area contributed by atoms with Gasteiger partial charge in [-0.3, -0.25) is 0 Å². The summed E-state index contributed by atoms with van der Waals surface area (Å²) >= 11 is 0. The summed E-state index contributed by atoms with van der Waals surface area (Å²) in [5, 5.41) is 0. The normalized spacial score (nSPS) is 15.1.